The molecule has 1 aromatic heterocycles. The van der Waals surface area contributed by atoms with E-state index in [1.165, 1.54) is 24.3 Å². The fourth-order valence-electron chi connectivity index (χ4n) is 1.77. The van der Waals surface area contributed by atoms with Crippen LogP contribution in [0.5, 0.6) is 6.01 Å². The molecule has 1 heterocycles. The van der Waals surface area contributed by atoms with E-state index in [-0.39, 0.29) is 11.1 Å². The van der Waals surface area contributed by atoms with E-state index < -0.39 is 35.8 Å². The molecule has 0 unspecified atom stereocenters. The van der Waals surface area contributed by atoms with Gasteiger partial charge in [0.2, 0.25) is 11.8 Å². The summed E-state index contributed by atoms with van der Waals surface area (Å²) in [7, 11) is 2.19. The average Bonchev–Trinajstić information content (AvgIpc) is 2.59. The molecular weight excluding hydrogens is 345 g/mol. The third-order valence-corrected chi connectivity index (χ3v) is 2.85. The highest BCUT2D eigenvalue weighted by atomic mass is 19.4. The lowest BCUT2D eigenvalue weighted by molar-refractivity contribution is -0.145. The molecule has 132 valence electrons. The van der Waals surface area contributed by atoms with Crippen molar-refractivity contribution in [2.45, 2.75) is 6.18 Å². The van der Waals surface area contributed by atoms with Gasteiger partial charge in [0, 0.05) is 0 Å². The van der Waals surface area contributed by atoms with Crippen LogP contribution in [0, 0.1) is 0 Å². The van der Waals surface area contributed by atoms with E-state index in [1.54, 1.807) is 0 Å². The molecule has 1 N–H and O–H groups in total. The zero-order valence-electron chi connectivity index (χ0n) is 12.9. The van der Waals surface area contributed by atoms with E-state index in [1.807, 2.05) is 0 Å². The second-order valence-electron chi connectivity index (χ2n) is 4.46. The SMILES string of the molecule is COC(=O)c1ccccc1C(=O)Nc1nc(OC)nc(C(F)(F)F)n1. The summed E-state index contributed by atoms with van der Waals surface area (Å²) in [5, 5.41) is 2.08. The summed E-state index contributed by atoms with van der Waals surface area (Å²) in [5.41, 5.74) is -0.193. The number of aromatic nitrogens is 3. The number of ether oxygens (including phenoxy) is 2. The maximum atomic E-state index is 12.8. The number of nitrogens with zero attached hydrogens (tertiary/aromatic N) is 3. The molecule has 0 aliphatic carbocycles. The van der Waals surface area contributed by atoms with E-state index in [9.17, 15) is 22.8 Å². The Labute approximate surface area is 139 Å². The van der Waals surface area contributed by atoms with Gasteiger partial charge in [0.05, 0.1) is 25.3 Å². The molecule has 0 saturated heterocycles. The van der Waals surface area contributed by atoms with Crippen LogP contribution in [0.1, 0.15) is 26.5 Å². The van der Waals surface area contributed by atoms with Gasteiger partial charge < -0.3 is 9.47 Å². The Balaban J connectivity index is 2.37. The van der Waals surface area contributed by atoms with Gasteiger partial charge in [-0.3, -0.25) is 10.1 Å². The van der Waals surface area contributed by atoms with Crippen molar-refractivity contribution in [1.82, 2.24) is 15.0 Å². The highest BCUT2D eigenvalue weighted by molar-refractivity contribution is 6.10. The molecule has 0 radical (unpaired) electrons. The predicted molar refractivity (Wildman–Crippen MR) is 77.1 cm³/mol. The van der Waals surface area contributed by atoms with Gasteiger partial charge in [-0.15, -0.1) is 0 Å². The molecule has 0 aliphatic heterocycles. The number of carbonyl (C=O) groups excluding carboxylic acids is 2. The molecule has 8 nitrogen and oxygen atoms in total. The number of anilines is 1. The van der Waals surface area contributed by atoms with Gasteiger partial charge in [0.25, 0.3) is 5.91 Å². The second-order valence-corrected chi connectivity index (χ2v) is 4.46. The normalized spacial score (nSPS) is 10.9. The Bertz CT molecular complexity index is 811. The summed E-state index contributed by atoms with van der Waals surface area (Å²) >= 11 is 0. The molecule has 0 saturated carbocycles. The summed E-state index contributed by atoms with van der Waals surface area (Å²) in [6.07, 6.45) is -4.86. The summed E-state index contributed by atoms with van der Waals surface area (Å²) < 4.78 is 47.5. The van der Waals surface area contributed by atoms with Crippen LogP contribution in [0.4, 0.5) is 19.1 Å². The molecule has 1 aromatic carbocycles. The molecule has 0 bridgehead atoms. The van der Waals surface area contributed by atoms with E-state index in [4.69, 9.17) is 0 Å². The smallest absolute Gasteiger partial charge is 0.451 e. The Morgan fingerprint density at radius 1 is 1.04 bits per heavy atom. The Hall–Kier alpha value is -3.24. The molecular formula is C14H11F3N4O4. The Morgan fingerprint density at radius 2 is 1.68 bits per heavy atom. The third kappa shape index (κ3) is 4.19. The van der Waals surface area contributed by atoms with E-state index >= 15 is 0 Å². The number of esters is 1. The fraction of sp³-hybridized carbons (Fsp3) is 0.214. The molecule has 0 fully saturated rings. The summed E-state index contributed by atoms with van der Waals surface area (Å²) in [5.74, 6) is -3.89. The van der Waals surface area contributed by atoms with Crippen LogP contribution in [-0.2, 0) is 10.9 Å². The number of alkyl halides is 3. The molecule has 11 heteroatoms. The minimum atomic E-state index is -4.86. The molecule has 0 spiro atoms. The van der Waals surface area contributed by atoms with Crippen LogP contribution in [0.3, 0.4) is 0 Å². The first-order valence-corrected chi connectivity index (χ1v) is 6.62. The minimum Gasteiger partial charge on any atom is -0.467 e. The van der Waals surface area contributed by atoms with E-state index in [2.05, 4.69) is 29.7 Å². The van der Waals surface area contributed by atoms with Crippen LogP contribution < -0.4 is 10.1 Å². The van der Waals surface area contributed by atoms with Gasteiger partial charge in [-0.1, -0.05) is 12.1 Å². The zero-order valence-corrected chi connectivity index (χ0v) is 12.9. The number of hydrogen-bond donors (Lipinski definition) is 1. The van der Waals surface area contributed by atoms with Crippen molar-refractivity contribution in [1.29, 1.82) is 0 Å². The molecule has 2 aromatic rings. The van der Waals surface area contributed by atoms with Crippen molar-refractivity contribution in [3.05, 3.63) is 41.2 Å². The number of rotatable bonds is 4. The first-order chi connectivity index (χ1) is 11.8. The van der Waals surface area contributed by atoms with Crippen LogP contribution in [0.25, 0.3) is 0 Å². The van der Waals surface area contributed by atoms with Gasteiger partial charge in [0.1, 0.15) is 0 Å². The topological polar surface area (TPSA) is 103 Å². The van der Waals surface area contributed by atoms with Crippen molar-refractivity contribution in [3.8, 4) is 6.01 Å². The van der Waals surface area contributed by atoms with Gasteiger partial charge in [0.15, 0.2) is 0 Å². The molecule has 2 rings (SSSR count). The first kappa shape index (κ1) is 18.1. The van der Waals surface area contributed by atoms with Crippen LogP contribution in [-0.4, -0.2) is 41.0 Å². The lowest BCUT2D eigenvalue weighted by Gasteiger charge is -2.10. The van der Waals surface area contributed by atoms with Crippen molar-refractivity contribution in [2.24, 2.45) is 0 Å². The molecule has 1 amide bonds. The Morgan fingerprint density at radius 3 is 2.24 bits per heavy atom. The molecule has 0 aliphatic rings. The predicted octanol–water partition coefficient (Wildman–Crippen LogP) is 1.94. The third-order valence-electron chi connectivity index (χ3n) is 2.85. The van der Waals surface area contributed by atoms with Crippen LogP contribution >= 0.6 is 0 Å². The standard InChI is InChI=1S/C14H11F3N4O4/c1-24-10(23)8-6-4-3-5-7(8)9(22)18-12-19-11(14(15,16)17)20-13(21-12)25-2/h3-6H,1-2H3,(H,18,19,20,21,22). The van der Waals surface area contributed by atoms with Crippen LogP contribution in [0.2, 0.25) is 0 Å². The second kappa shape index (κ2) is 7.11. The van der Waals surface area contributed by atoms with Crippen molar-refractivity contribution >= 4 is 17.8 Å². The van der Waals surface area contributed by atoms with Gasteiger partial charge in [-0.2, -0.15) is 28.1 Å². The highest BCUT2D eigenvalue weighted by Gasteiger charge is 2.36. The monoisotopic (exact) mass is 356 g/mol. The largest absolute Gasteiger partial charge is 0.467 e. The number of hydrogen-bond acceptors (Lipinski definition) is 7. The molecule has 25 heavy (non-hydrogen) atoms. The number of methoxy groups -OCH3 is 2. The van der Waals surface area contributed by atoms with Crippen molar-refractivity contribution in [2.75, 3.05) is 19.5 Å². The Kier molecular flexibility index (Phi) is 5.15. The van der Waals surface area contributed by atoms with Gasteiger partial charge in [-0.25, -0.2) is 4.79 Å². The van der Waals surface area contributed by atoms with E-state index in [0.717, 1.165) is 14.2 Å². The number of nitrogens with one attached hydrogen (secondary N) is 1. The van der Waals surface area contributed by atoms with Gasteiger partial charge >= 0.3 is 18.2 Å². The lowest BCUT2D eigenvalue weighted by Crippen LogP contribution is -2.21. The van der Waals surface area contributed by atoms with Gasteiger partial charge in [-0.05, 0) is 12.1 Å². The average molecular weight is 356 g/mol. The van der Waals surface area contributed by atoms with Crippen LogP contribution in [0.15, 0.2) is 24.3 Å². The number of amides is 1. The number of halogens is 3. The first-order valence-electron chi connectivity index (χ1n) is 6.62. The summed E-state index contributed by atoms with van der Waals surface area (Å²) in [6, 6.07) is 4.97. The highest BCUT2D eigenvalue weighted by Crippen LogP contribution is 2.27. The molecule has 0 atom stereocenters. The van der Waals surface area contributed by atoms with Crippen molar-refractivity contribution in [3.63, 3.8) is 0 Å². The maximum Gasteiger partial charge on any atom is 0.451 e. The maximum absolute atomic E-state index is 12.8. The summed E-state index contributed by atoms with van der Waals surface area (Å²) in [4.78, 5) is 33.7. The summed E-state index contributed by atoms with van der Waals surface area (Å²) in [6.45, 7) is 0. The number of carbonyl (C=O) groups is 2. The fourth-order valence-corrected chi connectivity index (χ4v) is 1.77. The quantitative estimate of drug-likeness (QED) is 0.835. The number of benzene rings is 1. The minimum absolute atomic E-state index is 0.0698. The lowest BCUT2D eigenvalue weighted by atomic mass is 10.1. The van der Waals surface area contributed by atoms with Crippen molar-refractivity contribution < 1.29 is 32.2 Å². The van der Waals surface area contributed by atoms with E-state index in [0.29, 0.717) is 0 Å². The zero-order chi connectivity index (χ0) is 18.6.